The number of nitro benzene ring substituents is 1. The average molecular weight is 428 g/mol. The van der Waals surface area contributed by atoms with Crippen molar-refractivity contribution in [2.45, 2.75) is 0 Å². The van der Waals surface area contributed by atoms with Gasteiger partial charge in [-0.25, -0.2) is 4.79 Å². The zero-order valence-corrected chi connectivity index (χ0v) is 16.1. The van der Waals surface area contributed by atoms with Crippen LogP contribution < -0.4 is 0 Å². The van der Waals surface area contributed by atoms with E-state index in [0.29, 0.717) is 33.4 Å². The number of esters is 1. The molecule has 0 fully saturated rings. The number of nitro groups is 1. The molecule has 8 heteroatoms. The molecule has 0 bridgehead atoms. The van der Waals surface area contributed by atoms with E-state index in [4.69, 9.17) is 32.4 Å². The molecule has 4 rings (SSSR count). The fourth-order valence-corrected chi connectivity index (χ4v) is 3.19. The summed E-state index contributed by atoms with van der Waals surface area (Å²) in [6.45, 7) is 0. The Balaban J connectivity index is 1.61. The number of nitrogens with zero attached hydrogens (tertiary/aromatic N) is 1. The molecule has 29 heavy (non-hydrogen) atoms. The topological polar surface area (TPSA) is 82.6 Å². The minimum Gasteiger partial charge on any atom is -0.457 e. The van der Waals surface area contributed by atoms with Crippen LogP contribution in [0.3, 0.4) is 0 Å². The molecule has 6 nitrogen and oxygen atoms in total. The van der Waals surface area contributed by atoms with Gasteiger partial charge in [-0.3, -0.25) is 10.1 Å². The van der Waals surface area contributed by atoms with Crippen molar-refractivity contribution in [2.75, 3.05) is 0 Å². The van der Waals surface area contributed by atoms with E-state index in [2.05, 4.69) is 0 Å². The summed E-state index contributed by atoms with van der Waals surface area (Å²) in [5.41, 5.74) is 1.45. The molecule has 2 aromatic carbocycles. The minimum absolute atomic E-state index is 0.110. The van der Waals surface area contributed by atoms with Crippen LogP contribution in [-0.4, -0.2) is 10.9 Å². The van der Waals surface area contributed by atoms with Gasteiger partial charge in [0.05, 0.1) is 15.5 Å². The molecule has 0 aliphatic carbocycles. The highest BCUT2D eigenvalue weighted by molar-refractivity contribution is 6.33. The number of halogens is 2. The molecule has 3 aromatic rings. The highest BCUT2D eigenvalue weighted by atomic mass is 35.5. The van der Waals surface area contributed by atoms with Crippen molar-refractivity contribution in [1.29, 1.82) is 0 Å². The van der Waals surface area contributed by atoms with Crippen LogP contribution in [0.15, 0.2) is 70.7 Å². The number of hydrogen-bond donors (Lipinski definition) is 0. The summed E-state index contributed by atoms with van der Waals surface area (Å²) < 4.78 is 11.0. The number of ether oxygens (including phenoxy) is 1. The lowest BCUT2D eigenvalue weighted by atomic mass is 10.1. The van der Waals surface area contributed by atoms with Crippen molar-refractivity contribution >= 4 is 46.7 Å². The molecule has 2 heterocycles. The predicted molar refractivity (Wildman–Crippen MR) is 109 cm³/mol. The van der Waals surface area contributed by atoms with E-state index < -0.39 is 10.9 Å². The third kappa shape index (κ3) is 3.94. The first-order valence-electron chi connectivity index (χ1n) is 8.36. The first-order valence-corrected chi connectivity index (χ1v) is 9.12. The number of hydrogen-bond acceptors (Lipinski definition) is 5. The number of rotatable bonds is 4. The van der Waals surface area contributed by atoms with Crippen molar-refractivity contribution in [1.82, 2.24) is 0 Å². The van der Waals surface area contributed by atoms with Crippen molar-refractivity contribution in [3.05, 3.63) is 97.7 Å². The third-order valence-electron chi connectivity index (χ3n) is 4.21. The van der Waals surface area contributed by atoms with Gasteiger partial charge in [0.2, 0.25) is 0 Å². The van der Waals surface area contributed by atoms with Crippen molar-refractivity contribution in [3.63, 3.8) is 0 Å². The van der Waals surface area contributed by atoms with E-state index in [0.717, 1.165) is 5.56 Å². The molecule has 1 aliphatic heterocycles. The predicted octanol–water partition coefficient (Wildman–Crippen LogP) is 6.14. The monoisotopic (exact) mass is 427 g/mol. The zero-order chi connectivity index (χ0) is 20.5. The van der Waals surface area contributed by atoms with Crippen molar-refractivity contribution in [3.8, 4) is 11.3 Å². The lowest BCUT2D eigenvalue weighted by molar-refractivity contribution is -0.384. The van der Waals surface area contributed by atoms with Crippen LogP contribution in [0.2, 0.25) is 10.0 Å². The van der Waals surface area contributed by atoms with Crippen LogP contribution in [0.25, 0.3) is 23.2 Å². The van der Waals surface area contributed by atoms with E-state index in [1.807, 2.05) is 0 Å². The molecule has 0 radical (unpaired) electrons. The maximum atomic E-state index is 12.2. The molecule has 1 aliphatic rings. The third-order valence-corrected chi connectivity index (χ3v) is 4.77. The minimum atomic E-state index is -0.524. The highest BCUT2D eigenvalue weighted by Gasteiger charge is 2.22. The Morgan fingerprint density at radius 1 is 1.00 bits per heavy atom. The zero-order valence-electron chi connectivity index (χ0n) is 14.6. The number of carbonyl (C=O) groups excluding carboxylic acids is 1. The Bertz CT molecular complexity index is 1190. The maximum Gasteiger partial charge on any atom is 0.343 e. The van der Waals surface area contributed by atoms with Crippen LogP contribution in [-0.2, 0) is 9.53 Å². The Kier molecular flexibility index (Phi) is 4.96. The van der Waals surface area contributed by atoms with Crippen molar-refractivity contribution in [2.24, 2.45) is 0 Å². The number of furan rings is 1. The second-order valence-electron chi connectivity index (χ2n) is 6.13. The van der Waals surface area contributed by atoms with Crippen LogP contribution >= 0.6 is 23.2 Å². The Labute approximate surface area is 174 Å². The Morgan fingerprint density at radius 3 is 2.45 bits per heavy atom. The smallest absolute Gasteiger partial charge is 0.343 e. The van der Waals surface area contributed by atoms with E-state index >= 15 is 0 Å². The first-order chi connectivity index (χ1) is 13.9. The van der Waals surface area contributed by atoms with Crippen molar-refractivity contribution < 1.29 is 18.9 Å². The Hall–Kier alpha value is -3.35. The lowest BCUT2D eigenvalue weighted by Crippen LogP contribution is -1.96. The van der Waals surface area contributed by atoms with Gasteiger partial charge in [-0.15, -0.1) is 0 Å². The molecule has 0 spiro atoms. The van der Waals surface area contributed by atoms with E-state index in [9.17, 15) is 14.9 Å². The number of cyclic esters (lactones) is 1. The molecule has 0 saturated carbocycles. The van der Waals surface area contributed by atoms with Crippen LogP contribution in [0.4, 0.5) is 5.69 Å². The van der Waals surface area contributed by atoms with Gasteiger partial charge < -0.3 is 9.15 Å². The van der Waals surface area contributed by atoms with Crippen LogP contribution in [0.5, 0.6) is 0 Å². The summed E-state index contributed by atoms with van der Waals surface area (Å²) in [6.07, 6.45) is 3.17. The van der Waals surface area contributed by atoms with Gasteiger partial charge in [-0.1, -0.05) is 23.2 Å². The number of benzene rings is 2. The molecule has 0 atom stereocenters. The average Bonchev–Trinajstić information content (AvgIpc) is 3.29. The molecule has 1 aromatic heterocycles. The summed E-state index contributed by atoms with van der Waals surface area (Å²) >= 11 is 12.0. The van der Waals surface area contributed by atoms with Gasteiger partial charge >= 0.3 is 5.97 Å². The van der Waals surface area contributed by atoms with Gasteiger partial charge in [-0.05, 0) is 54.6 Å². The van der Waals surface area contributed by atoms with Gasteiger partial charge in [0, 0.05) is 28.3 Å². The second-order valence-corrected chi connectivity index (χ2v) is 6.97. The normalized spacial score (nSPS) is 14.8. The lowest BCUT2D eigenvalue weighted by Gasteiger charge is -2.01. The second kappa shape index (κ2) is 7.58. The molecule has 144 valence electrons. The summed E-state index contributed by atoms with van der Waals surface area (Å²) in [5.74, 6) is 0.754. The van der Waals surface area contributed by atoms with Crippen LogP contribution in [0, 0.1) is 10.1 Å². The molecule has 0 amide bonds. The standard InChI is InChI=1S/C21H11Cl2NO5/c22-14-3-1-12(2-4-14)20-10-13(21(25)29-20)9-16-6-8-19(28-16)17-7-5-15(24(26)27)11-18(17)23/h1-11H/b13-9+. The molecule has 0 unspecified atom stereocenters. The van der Waals surface area contributed by atoms with Gasteiger partial charge in [0.1, 0.15) is 17.3 Å². The number of non-ortho nitro benzene ring substituents is 1. The summed E-state index contributed by atoms with van der Waals surface area (Å²) in [4.78, 5) is 22.5. The summed E-state index contributed by atoms with van der Waals surface area (Å²) in [7, 11) is 0. The molecule has 0 N–H and O–H groups in total. The highest BCUT2D eigenvalue weighted by Crippen LogP contribution is 2.33. The van der Waals surface area contributed by atoms with Crippen LogP contribution in [0.1, 0.15) is 11.3 Å². The fourth-order valence-electron chi connectivity index (χ4n) is 2.79. The number of carbonyl (C=O) groups is 1. The Morgan fingerprint density at radius 2 is 1.76 bits per heavy atom. The quantitative estimate of drug-likeness (QED) is 0.216. The first kappa shape index (κ1) is 19.0. The SMILES string of the molecule is O=C1OC(c2ccc(Cl)cc2)=C/C1=C\c1ccc(-c2ccc([N+](=O)[O-])cc2Cl)o1. The summed E-state index contributed by atoms with van der Waals surface area (Å²) in [5, 5.41) is 11.6. The molecular weight excluding hydrogens is 417 g/mol. The van der Waals surface area contributed by atoms with Gasteiger partial charge in [0.15, 0.2) is 0 Å². The van der Waals surface area contributed by atoms with Gasteiger partial charge in [-0.2, -0.15) is 0 Å². The van der Waals surface area contributed by atoms with Gasteiger partial charge in [0.25, 0.3) is 5.69 Å². The van der Waals surface area contributed by atoms with E-state index in [1.54, 1.807) is 48.6 Å². The van der Waals surface area contributed by atoms with E-state index in [-0.39, 0.29) is 10.7 Å². The largest absolute Gasteiger partial charge is 0.457 e. The summed E-state index contributed by atoms with van der Waals surface area (Å²) in [6, 6.07) is 14.4. The fraction of sp³-hybridized carbons (Fsp3) is 0. The molecular formula is C21H11Cl2NO5. The maximum absolute atomic E-state index is 12.2. The molecule has 0 saturated heterocycles. The van der Waals surface area contributed by atoms with E-state index in [1.165, 1.54) is 18.2 Å².